The predicted molar refractivity (Wildman–Crippen MR) is 103 cm³/mol. The van der Waals surface area contributed by atoms with Gasteiger partial charge in [0.15, 0.2) is 0 Å². The number of aryl methyl sites for hydroxylation is 1. The molecular weight excluding hydrogens is 362 g/mol. The van der Waals surface area contributed by atoms with Gasteiger partial charge in [-0.3, -0.25) is 19.7 Å². The topological polar surface area (TPSA) is 93.0 Å². The number of hydrogen-bond acceptors (Lipinski definition) is 5. The standard InChI is InChI=1S/C20H21N3O5/c1-14-3-4-16(13-18(14)23(26)27)20(25)22-11-9-21(10-12-22)19(24)15-5-7-17(28-2)8-6-15/h3-8,13H,9-12H2,1-2H3. The van der Waals surface area contributed by atoms with Gasteiger partial charge in [-0.25, -0.2) is 0 Å². The highest BCUT2D eigenvalue weighted by atomic mass is 16.6. The lowest BCUT2D eigenvalue weighted by molar-refractivity contribution is -0.385. The molecule has 0 saturated carbocycles. The van der Waals surface area contributed by atoms with Gasteiger partial charge in [0.2, 0.25) is 0 Å². The molecule has 1 fully saturated rings. The Labute approximate surface area is 162 Å². The van der Waals surface area contributed by atoms with Crippen molar-refractivity contribution in [3.63, 3.8) is 0 Å². The summed E-state index contributed by atoms with van der Waals surface area (Å²) < 4.78 is 5.10. The maximum Gasteiger partial charge on any atom is 0.273 e. The van der Waals surface area contributed by atoms with Crippen molar-refractivity contribution < 1.29 is 19.2 Å². The zero-order valence-corrected chi connectivity index (χ0v) is 15.8. The second-order valence-electron chi connectivity index (χ2n) is 6.57. The Hall–Kier alpha value is -3.42. The van der Waals surface area contributed by atoms with E-state index in [-0.39, 0.29) is 23.1 Å². The Morgan fingerprint density at radius 3 is 1.93 bits per heavy atom. The molecule has 0 radical (unpaired) electrons. The Kier molecular flexibility index (Phi) is 5.58. The van der Waals surface area contributed by atoms with Crippen molar-refractivity contribution in [2.24, 2.45) is 0 Å². The number of benzene rings is 2. The first-order valence-corrected chi connectivity index (χ1v) is 8.88. The molecule has 0 spiro atoms. The van der Waals surface area contributed by atoms with Gasteiger partial charge >= 0.3 is 0 Å². The number of piperazine rings is 1. The number of nitro groups is 1. The molecule has 1 heterocycles. The summed E-state index contributed by atoms with van der Waals surface area (Å²) in [6.07, 6.45) is 0. The fourth-order valence-corrected chi connectivity index (χ4v) is 3.15. The van der Waals surface area contributed by atoms with Crippen molar-refractivity contribution in [1.29, 1.82) is 0 Å². The minimum Gasteiger partial charge on any atom is -0.497 e. The lowest BCUT2D eigenvalue weighted by atomic mass is 10.1. The second kappa shape index (κ2) is 8.08. The summed E-state index contributed by atoms with van der Waals surface area (Å²) in [6, 6.07) is 11.4. The molecule has 28 heavy (non-hydrogen) atoms. The van der Waals surface area contributed by atoms with Crippen molar-refractivity contribution >= 4 is 17.5 Å². The summed E-state index contributed by atoms with van der Waals surface area (Å²) in [5.41, 5.74) is 1.29. The first-order chi connectivity index (χ1) is 13.4. The van der Waals surface area contributed by atoms with E-state index in [0.717, 1.165) is 0 Å². The van der Waals surface area contributed by atoms with Crippen LogP contribution in [0.25, 0.3) is 0 Å². The molecule has 146 valence electrons. The van der Waals surface area contributed by atoms with Gasteiger partial charge in [-0.1, -0.05) is 6.07 Å². The van der Waals surface area contributed by atoms with E-state index in [1.165, 1.54) is 6.07 Å². The van der Waals surface area contributed by atoms with Crippen molar-refractivity contribution in [3.8, 4) is 5.75 Å². The highest BCUT2D eigenvalue weighted by Gasteiger charge is 2.26. The van der Waals surface area contributed by atoms with Crippen LogP contribution in [0.3, 0.4) is 0 Å². The number of hydrogen-bond donors (Lipinski definition) is 0. The Balaban J connectivity index is 1.64. The Morgan fingerprint density at radius 2 is 1.43 bits per heavy atom. The third-order valence-corrected chi connectivity index (χ3v) is 4.84. The fourth-order valence-electron chi connectivity index (χ4n) is 3.15. The summed E-state index contributed by atoms with van der Waals surface area (Å²) >= 11 is 0. The Bertz CT molecular complexity index is 903. The molecule has 0 aromatic heterocycles. The molecule has 0 aliphatic carbocycles. The molecule has 8 heteroatoms. The summed E-state index contributed by atoms with van der Waals surface area (Å²) in [7, 11) is 1.57. The van der Waals surface area contributed by atoms with Crippen LogP contribution in [0.1, 0.15) is 26.3 Å². The van der Waals surface area contributed by atoms with Gasteiger partial charge in [-0.05, 0) is 37.3 Å². The molecule has 1 aliphatic heterocycles. The molecule has 3 rings (SSSR count). The van der Waals surface area contributed by atoms with Crippen molar-refractivity contribution in [1.82, 2.24) is 9.80 Å². The first-order valence-electron chi connectivity index (χ1n) is 8.88. The maximum absolute atomic E-state index is 12.7. The van der Waals surface area contributed by atoms with Crippen LogP contribution in [-0.2, 0) is 0 Å². The summed E-state index contributed by atoms with van der Waals surface area (Å²) in [6.45, 7) is 3.20. The van der Waals surface area contributed by atoms with E-state index < -0.39 is 4.92 Å². The lowest BCUT2D eigenvalue weighted by Crippen LogP contribution is -2.50. The molecule has 0 unspecified atom stereocenters. The number of amides is 2. The molecule has 2 aromatic rings. The molecular formula is C20H21N3O5. The summed E-state index contributed by atoms with van der Waals surface area (Å²) in [5.74, 6) is 0.319. The average Bonchev–Trinajstić information content (AvgIpc) is 2.73. The van der Waals surface area contributed by atoms with E-state index in [1.54, 1.807) is 60.2 Å². The predicted octanol–water partition coefficient (Wildman–Crippen LogP) is 2.51. The normalized spacial score (nSPS) is 13.9. The van der Waals surface area contributed by atoms with Gasteiger partial charge in [0.25, 0.3) is 17.5 Å². The van der Waals surface area contributed by atoms with Crippen LogP contribution >= 0.6 is 0 Å². The molecule has 0 bridgehead atoms. The third-order valence-electron chi connectivity index (χ3n) is 4.84. The van der Waals surface area contributed by atoms with Crippen molar-refractivity contribution in [2.45, 2.75) is 6.92 Å². The fraction of sp³-hybridized carbons (Fsp3) is 0.300. The Morgan fingerprint density at radius 1 is 0.929 bits per heavy atom. The molecule has 1 saturated heterocycles. The number of rotatable bonds is 4. The van der Waals surface area contributed by atoms with Crippen LogP contribution in [0.2, 0.25) is 0 Å². The zero-order valence-electron chi connectivity index (χ0n) is 15.8. The van der Waals surface area contributed by atoms with Crippen molar-refractivity contribution in [3.05, 3.63) is 69.3 Å². The van der Waals surface area contributed by atoms with Crippen molar-refractivity contribution in [2.75, 3.05) is 33.3 Å². The number of carbonyl (C=O) groups is 2. The van der Waals surface area contributed by atoms with Crippen LogP contribution in [0.4, 0.5) is 5.69 Å². The minimum absolute atomic E-state index is 0.0702. The third kappa shape index (κ3) is 3.95. The lowest BCUT2D eigenvalue weighted by Gasteiger charge is -2.34. The molecule has 0 N–H and O–H groups in total. The number of methoxy groups -OCH3 is 1. The molecule has 2 amide bonds. The van der Waals surface area contributed by atoms with Gasteiger partial charge in [0, 0.05) is 48.9 Å². The van der Waals surface area contributed by atoms with Gasteiger partial charge in [0.05, 0.1) is 12.0 Å². The van der Waals surface area contributed by atoms with E-state index in [0.29, 0.717) is 43.1 Å². The number of nitrogens with zero attached hydrogens (tertiary/aromatic N) is 3. The average molecular weight is 383 g/mol. The van der Waals surface area contributed by atoms with Crippen LogP contribution in [0.15, 0.2) is 42.5 Å². The minimum atomic E-state index is -0.489. The van der Waals surface area contributed by atoms with Gasteiger partial charge in [-0.15, -0.1) is 0 Å². The van der Waals surface area contributed by atoms with E-state index in [2.05, 4.69) is 0 Å². The van der Waals surface area contributed by atoms with E-state index in [4.69, 9.17) is 4.74 Å². The van der Waals surface area contributed by atoms with E-state index in [9.17, 15) is 19.7 Å². The van der Waals surface area contributed by atoms with Gasteiger partial charge in [0.1, 0.15) is 5.75 Å². The molecule has 1 aliphatic rings. The number of ether oxygens (including phenoxy) is 1. The zero-order chi connectivity index (χ0) is 20.3. The molecule has 8 nitrogen and oxygen atoms in total. The highest BCUT2D eigenvalue weighted by Crippen LogP contribution is 2.21. The van der Waals surface area contributed by atoms with E-state index in [1.807, 2.05) is 0 Å². The van der Waals surface area contributed by atoms with Crippen LogP contribution in [-0.4, -0.2) is 59.8 Å². The monoisotopic (exact) mass is 383 g/mol. The number of carbonyl (C=O) groups excluding carboxylic acids is 2. The molecule has 2 aromatic carbocycles. The SMILES string of the molecule is COc1ccc(C(=O)N2CCN(C(=O)c3ccc(C)c([N+](=O)[O-])c3)CC2)cc1. The molecule has 0 atom stereocenters. The summed E-state index contributed by atoms with van der Waals surface area (Å²) in [5, 5.41) is 11.1. The quantitative estimate of drug-likeness (QED) is 0.597. The highest BCUT2D eigenvalue weighted by molar-refractivity contribution is 5.96. The number of nitro benzene ring substituents is 1. The maximum atomic E-state index is 12.7. The summed E-state index contributed by atoms with van der Waals surface area (Å²) in [4.78, 5) is 39.2. The van der Waals surface area contributed by atoms with Gasteiger partial charge < -0.3 is 14.5 Å². The van der Waals surface area contributed by atoms with Gasteiger partial charge in [-0.2, -0.15) is 0 Å². The van der Waals surface area contributed by atoms with Crippen LogP contribution in [0.5, 0.6) is 5.75 Å². The van der Waals surface area contributed by atoms with E-state index >= 15 is 0 Å². The largest absolute Gasteiger partial charge is 0.497 e. The smallest absolute Gasteiger partial charge is 0.273 e. The van der Waals surface area contributed by atoms with Crippen LogP contribution < -0.4 is 4.74 Å². The first kappa shape index (κ1) is 19.3. The van der Waals surface area contributed by atoms with Crippen LogP contribution in [0, 0.1) is 17.0 Å². The second-order valence-corrected chi connectivity index (χ2v) is 6.57.